The third-order valence-electron chi connectivity index (χ3n) is 7.63. The summed E-state index contributed by atoms with van der Waals surface area (Å²) in [7, 11) is 0. The number of carbonyl (C=O) groups excluding carboxylic acids is 1. The van der Waals surface area contributed by atoms with Crippen molar-refractivity contribution >= 4 is 52.5 Å². The number of carbonyl (C=O) groups is 1. The molecule has 0 spiro atoms. The summed E-state index contributed by atoms with van der Waals surface area (Å²) in [5.41, 5.74) is 16.5. The monoisotopic (exact) mass is 722 g/mol. The van der Waals surface area contributed by atoms with Gasteiger partial charge in [-0.25, -0.2) is 14.8 Å². The van der Waals surface area contributed by atoms with Crippen LogP contribution in [0.5, 0.6) is 5.75 Å². The fraction of sp³-hybridized carbons (Fsp3) is 0.257. The van der Waals surface area contributed by atoms with Gasteiger partial charge in [0.1, 0.15) is 11.6 Å². The maximum atomic E-state index is 14.5. The summed E-state index contributed by atoms with van der Waals surface area (Å²) in [6.07, 6.45) is -0.525. The lowest BCUT2D eigenvalue weighted by Gasteiger charge is -2.31. The predicted molar refractivity (Wildman–Crippen MR) is 191 cm³/mol. The van der Waals surface area contributed by atoms with Crippen molar-refractivity contribution in [1.82, 2.24) is 10.9 Å². The first-order chi connectivity index (χ1) is 23.8. The highest BCUT2D eigenvalue weighted by atomic mass is 35.5. The quantitative estimate of drug-likeness (QED) is 0.0353. The molecular formula is C35H33Cl2FN6O4S. The fourth-order valence-electron chi connectivity index (χ4n) is 5.21. The standard InChI is InChI=1S/C35H33Cl2FN6O4S/c36-26-10-15-29(30(37)20-26)32-35(21-25-4-1-2-5-31(25)42-44-39,34(46)43-40-16-19-49-22-23-6-11-27(38)12-7-23)41-33(48-32)24-8-13-28(14-9-24)47-18-3-17-45/h1-2,4-15,20,32,40,45H,3,16-19,21-22H2,(H,43,46)/t32-,35-/m0/s1. The molecule has 5 rings (SSSR count). The van der Waals surface area contributed by atoms with Crippen LogP contribution in [0.25, 0.3) is 10.4 Å². The molecule has 4 aromatic rings. The number of aliphatic imine (C=N–C) groups is 1. The van der Waals surface area contributed by atoms with E-state index in [-0.39, 0.29) is 29.8 Å². The summed E-state index contributed by atoms with van der Waals surface area (Å²) in [5.74, 6) is 1.34. The molecule has 1 heterocycles. The van der Waals surface area contributed by atoms with Crippen molar-refractivity contribution in [3.8, 4) is 5.75 Å². The van der Waals surface area contributed by atoms with Crippen LogP contribution in [-0.4, -0.2) is 48.0 Å². The Hall–Kier alpha value is -4.29. The van der Waals surface area contributed by atoms with Crippen molar-refractivity contribution < 1.29 is 23.8 Å². The number of benzene rings is 4. The van der Waals surface area contributed by atoms with Crippen LogP contribution in [0.3, 0.4) is 0 Å². The molecule has 10 nitrogen and oxygen atoms in total. The van der Waals surface area contributed by atoms with E-state index in [1.165, 1.54) is 12.1 Å². The van der Waals surface area contributed by atoms with Crippen LogP contribution in [-0.2, 0) is 21.7 Å². The Morgan fingerprint density at radius 3 is 2.61 bits per heavy atom. The third-order valence-corrected chi connectivity index (χ3v) is 9.23. The van der Waals surface area contributed by atoms with Crippen LogP contribution >= 0.6 is 35.0 Å². The number of amides is 1. The number of nitrogens with one attached hydrogen (secondary N) is 2. The number of azide groups is 1. The molecule has 1 amide bonds. The van der Waals surface area contributed by atoms with Crippen molar-refractivity contribution in [2.45, 2.75) is 30.2 Å². The van der Waals surface area contributed by atoms with Crippen LogP contribution in [0.4, 0.5) is 10.1 Å². The maximum Gasteiger partial charge on any atom is 0.266 e. The molecule has 14 heteroatoms. The Balaban J connectivity index is 1.46. The molecule has 254 valence electrons. The van der Waals surface area contributed by atoms with Gasteiger partial charge in [-0.1, -0.05) is 70.8 Å². The zero-order valence-corrected chi connectivity index (χ0v) is 28.5. The number of halogens is 3. The van der Waals surface area contributed by atoms with Crippen molar-refractivity contribution in [2.75, 3.05) is 25.5 Å². The number of aliphatic hydroxyl groups excluding tert-OH is 1. The Labute approximate surface area is 297 Å². The lowest BCUT2D eigenvalue weighted by Crippen LogP contribution is -2.54. The number of hydrazine groups is 1. The number of rotatable bonds is 16. The highest BCUT2D eigenvalue weighted by Crippen LogP contribution is 2.46. The molecule has 0 aliphatic carbocycles. The van der Waals surface area contributed by atoms with Gasteiger partial charge in [-0.2, -0.15) is 11.8 Å². The van der Waals surface area contributed by atoms with Crippen molar-refractivity contribution in [1.29, 1.82) is 0 Å². The average molecular weight is 724 g/mol. The van der Waals surface area contributed by atoms with E-state index in [0.717, 1.165) is 5.56 Å². The number of hydrogen-bond donors (Lipinski definition) is 3. The van der Waals surface area contributed by atoms with Gasteiger partial charge in [-0.15, -0.1) is 0 Å². The molecule has 4 aromatic carbocycles. The van der Waals surface area contributed by atoms with E-state index in [1.807, 2.05) is 0 Å². The Morgan fingerprint density at radius 2 is 1.88 bits per heavy atom. The molecule has 49 heavy (non-hydrogen) atoms. The Bertz CT molecular complexity index is 1830. The maximum absolute atomic E-state index is 14.5. The highest BCUT2D eigenvalue weighted by molar-refractivity contribution is 7.98. The third kappa shape index (κ3) is 9.24. The molecular weight excluding hydrogens is 690 g/mol. The largest absolute Gasteiger partial charge is 0.494 e. The zero-order chi connectivity index (χ0) is 34.6. The average Bonchev–Trinajstić information content (AvgIpc) is 3.48. The highest BCUT2D eigenvalue weighted by Gasteiger charge is 2.54. The first-order valence-electron chi connectivity index (χ1n) is 15.4. The van der Waals surface area contributed by atoms with Crippen molar-refractivity contribution in [3.05, 3.63) is 140 Å². The fourth-order valence-corrected chi connectivity index (χ4v) is 6.54. The summed E-state index contributed by atoms with van der Waals surface area (Å²) >= 11 is 14.6. The van der Waals surface area contributed by atoms with Gasteiger partial charge < -0.3 is 14.6 Å². The van der Waals surface area contributed by atoms with Gasteiger partial charge in [0.25, 0.3) is 5.91 Å². The Kier molecular flexibility index (Phi) is 12.8. The van der Waals surface area contributed by atoms with Crippen LogP contribution in [0, 0.1) is 5.82 Å². The van der Waals surface area contributed by atoms with Crippen molar-refractivity contribution in [2.24, 2.45) is 10.1 Å². The van der Waals surface area contributed by atoms with E-state index in [1.54, 1.807) is 90.6 Å². The van der Waals surface area contributed by atoms with Crippen LogP contribution in [0.2, 0.25) is 10.0 Å². The number of nitrogens with zero attached hydrogens (tertiary/aromatic N) is 4. The second kappa shape index (κ2) is 17.4. The molecule has 0 aromatic heterocycles. The normalized spacial score (nSPS) is 16.7. The molecule has 0 unspecified atom stereocenters. The first kappa shape index (κ1) is 36.0. The molecule has 0 saturated carbocycles. The van der Waals surface area contributed by atoms with E-state index in [2.05, 4.69) is 20.9 Å². The summed E-state index contributed by atoms with van der Waals surface area (Å²) in [4.78, 5) is 22.4. The van der Waals surface area contributed by atoms with E-state index in [9.17, 15) is 14.7 Å². The van der Waals surface area contributed by atoms with E-state index in [4.69, 9.17) is 42.8 Å². The van der Waals surface area contributed by atoms with Gasteiger partial charge in [0.2, 0.25) is 5.90 Å². The number of thioether (sulfide) groups is 1. The lowest BCUT2D eigenvalue weighted by molar-refractivity contribution is -0.130. The van der Waals surface area contributed by atoms with Gasteiger partial charge in [-0.3, -0.25) is 10.2 Å². The van der Waals surface area contributed by atoms with E-state index >= 15 is 0 Å². The smallest absolute Gasteiger partial charge is 0.266 e. The lowest BCUT2D eigenvalue weighted by atomic mass is 9.81. The number of aliphatic hydroxyl groups is 1. The molecule has 0 saturated heterocycles. The minimum atomic E-state index is -1.63. The van der Waals surface area contributed by atoms with E-state index in [0.29, 0.717) is 64.2 Å². The Morgan fingerprint density at radius 1 is 1.10 bits per heavy atom. The molecule has 3 N–H and O–H groups in total. The molecule has 0 radical (unpaired) electrons. The van der Waals surface area contributed by atoms with Crippen LogP contribution in [0.15, 0.2) is 101 Å². The summed E-state index contributed by atoms with van der Waals surface area (Å²) in [6.45, 7) is 0.800. The summed E-state index contributed by atoms with van der Waals surface area (Å²) < 4.78 is 25.5. The molecule has 0 bridgehead atoms. The first-order valence-corrected chi connectivity index (χ1v) is 17.3. The minimum Gasteiger partial charge on any atom is -0.494 e. The molecule has 1 aliphatic rings. The predicted octanol–water partition coefficient (Wildman–Crippen LogP) is 7.89. The van der Waals surface area contributed by atoms with Gasteiger partial charge in [-0.05, 0) is 65.2 Å². The van der Waals surface area contributed by atoms with Gasteiger partial charge in [0.15, 0.2) is 11.6 Å². The van der Waals surface area contributed by atoms with Gasteiger partial charge >= 0.3 is 0 Å². The minimum absolute atomic E-state index is 0.00942. The van der Waals surface area contributed by atoms with Crippen molar-refractivity contribution in [3.63, 3.8) is 0 Å². The van der Waals surface area contributed by atoms with E-state index < -0.39 is 17.6 Å². The molecule has 0 fully saturated rings. The number of hydrogen-bond acceptors (Lipinski definition) is 8. The molecule has 1 aliphatic heterocycles. The zero-order valence-electron chi connectivity index (χ0n) is 26.2. The second-order valence-corrected chi connectivity index (χ2v) is 13.0. The van der Waals surface area contributed by atoms with Crippen LogP contribution < -0.4 is 15.6 Å². The van der Waals surface area contributed by atoms with Crippen LogP contribution in [0.1, 0.15) is 34.8 Å². The summed E-state index contributed by atoms with van der Waals surface area (Å²) in [6, 6.07) is 25.3. The van der Waals surface area contributed by atoms with Gasteiger partial charge in [0, 0.05) is 69.3 Å². The number of ether oxygens (including phenoxy) is 2. The SMILES string of the molecule is [N-]=[N+]=Nc1ccccc1C[C@]1(C(=O)NNCCSCc2ccc(F)cc2)N=C(c2ccc(OCCCO)cc2)O[C@H]1c1ccc(Cl)cc1Cl. The van der Waals surface area contributed by atoms with Gasteiger partial charge in [0.05, 0.1) is 6.61 Å². The topological polar surface area (TPSA) is 141 Å². The summed E-state index contributed by atoms with van der Waals surface area (Å²) in [5, 5.41) is 13.6. The second-order valence-electron chi connectivity index (χ2n) is 11.0. The molecule has 2 atom stereocenters.